The van der Waals surface area contributed by atoms with E-state index in [2.05, 4.69) is 0 Å². The second kappa shape index (κ2) is 6.78. The van der Waals surface area contributed by atoms with Crippen molar-refractivity contribution in [2.75, 3.05) is 20.0 Å². The second-order valence-electron chi connectivity index (χ2n) is 4.68. The van der Waals surface area contributed by atoms with Gasteiger partial charge in [-0.05, 0) is 30.3 Å². The molecule has 23 heavy (non-hydrogen) atoms. The van der Waals surface area contributed by atoms with Gasteiger partial charge in [-0.15, -0.1) is 0 Å². The molecule has 7 heteroatoms. The van der Waals surface area contributed by atoms with Crippen molar-refractivity contribution in [1.82, 2.24) is 0 Å². The lowest BCUT2D eigenvalue weighted by Crippen LogP contribution is -2.17. The number of benzene rings is 2. The zero-order valence-electron chi connectivity index (χ0n) is 12.6. The van der Waals surface area contributed by atoms with Crippen LogP contribution in [-0.4, -0.2) is 34.2 Å². The van der Waals surface area contributed by atoms with Crippen LogP contribution in [0.25, 0.3) is 0 Å². The molecule has 0 aliphatic rings. The van der Waals surface area contributed by atoms with Crippen molar-refractivity contribution in [3.8, 4) is 11.5 Å². The fourth-order valence-corrected chi connectivity index (χ4v) is 3.36. The summed E-state index contributed by atoms with van der Waals surface area (Å²) in [5.41, 5.74) is 0.141. The number of hydrogen-bond donors (Lipinski definition) is 0. The summed E-state index contributed by atoms with van der Waals surface area (Å²) < 4.78 is 48.2. The van der Waals surface area contributed by atoms with Crippen LogP contribution in [0.15, 0.2) is 47.4 Å². The van der Waals surface area contributed by atoms with Crippen molar-refractivity contribution in [3.63, 3.8) is 0 Å². The minimum Gasteiger partial charge on any atom is -0.493 e. The molecule has 0 saturated heterocycles. The Morgan fingerprint density at radius 2 is 1.70 bits per heavy atom. The normalized spacial score (nSPS) is 11.1. The van der Waals surface area contributed by atoms with Crippen molar-refractivity contribution in [2.45, 2.75) is 4.90 Å². The third-order valence-corrected chi connectivity index (χ3v) is 4.84. The van der Waals surface area contributed by atoms with Gasteiger partial charge in [0.25, 0.3) is 0 Å². The molecule has 122 valence electrons. The van der Waals surface area contributed by atoms with E-state index in [1.54, 1.807) is 0 Å². The number of halogens is 1. The van der Waals surface area contributed by atoms with Gasteiger partial charge >= 0.3 is 0 Å². The van der Waals surface area contributed by atoms with Crippen LogP contribution in [0.2, 0.25) is 0 Å². The summed E-state index contributed by atoms with van der Waals surface area (Å²) in [5.74, 6) is -1.65. The average Bonchev–Trinajstić information content (AvgIpc) is 2.53. The van der Waals surface area contributed by atoms with Gasteiger partial charge in [-0.25, -0.2) is 12.8 Å². The molecule has 0 bridgehead atoms. The highest BCUT2D eigenvalue weighted by Crippen LogP contribution is 2.28. The first-order valence-electron chi connectivity index (χ1n) is 6.61. The molecule has 5 nitrogen and oxygen atoms in total. The van der Waals surface area contributed by atoms with Crippen molar-refractivity contribution in [3.05, 3.63) is 53.8 Å². The van der Waals surface area contributed by atoms with Gasteiger partial charge in [0.2, 0.25) is 0 Å². The van der Waals surface area contributed by atoms with Gasteiger partial charge < -0.3 is 9.47 Å². The number of carbonyl (C=O) groups is 1. The Morgan fingerprint density at radius 1 is 1.04 bits per heavy atom. The van der Waals surface area contributed by atoms with E-state index in [0.29, 0.717) is 11.5 Å². The monoisotopic (exact) mass is 338 g/mol. The minimum atomic E-state index is -4.07. The lowest BCUT2D eigenvalue weighted by molar-refractivity contribution is 0.102. The summed E-state index contributed by atoms with van der Waals surface area (Å²) in [6.07, 6.45) is 0. The Hall–Kier alpha value is -2.41. The molecule has 0 N–H and O–H groups in total. The van der Waals surface area contributed by atoms with E-state index >= 15 is 0 Å². The number of hydrogen-bond acceptors (Lipinski definition) is 5. The van der Waals surface area contributed by atoms with Gasteiger partial charge in [-0.3, -0.25) is 4.79 Å². The van der Waals surface area contributed by atoms with Crippen molar-refractivity contribution in [2.24, 2.45) is 0 Å². The molecule has 2 aromatic carbocycles. The van der Waals surface area contributed by atoms with Crippen LogP contribution in [0, 0.1) is 5.82 Å². The molecule has 0 fully saturated rings. The largest absolute Gasteiger partial charge is 0.493 e. The molecular weight excluding hydrogens is 323 g/mol. The topological polar surface area (TPSA) is 69.7 Å². The van der Waals surface area contributed by atoms with E-state index in [9.17, 15) is 17.6 Å². The van der Waals surface area contributed by atoms with Crippen LogP contribution in [0.1, 0.15) is 10.4 Å². The van der Waals surface area contributed by atoms with E-state index in [4.69, 9.17) is 9.47 Å². The number of carbonyl (C=O) groups excluding carboxylic acids is 1. The summed E-state index contributed by atoms with van der Waals surface area (Å²) >= 11 is 0. The Balaban J connectivity index is 2.30. The Kier molecular flexibility index (Phi) is 5.00. The average molecular weight is 338 g/mol. The quantitative estimate of drug-likeness (QED) is 0.757. The van der Waals surface area contributed by atoms with Crippen LogP contribution in [0.5, 0.6) is 11.5 Å². The minimum absolute atomic E-state index is 0.141. The van der Waals surface area contributed by atoms with Gasteiger partial charge in [-0.2, -0.15) is 0 Å². The standard InChI is InChI=1S/C16H15FO5S/c1-21-14-8-7-11(9-15(14)22-2)13(18)10-23(19,20)16-6-4-3-5-12(16)17/h3-9H,10H2,1-2H3. The summed E-state index contributed by atoms with van der Waals surface area (Å²) in [6.45, 7) is 0. The first-order chi connectivity index (χ1) is 10.9. The third kappa shape index (κ3) is 3.68. The molecule has 2 rings (SSSR count). The predicted molar refractivity (Wildman–Crippen MR) is 82.3 cm³/mol. The van der Waals surface area contributed by atoms with Gasteiger partial charge in [0.15, 0.2) is 27.1 Å². The highest BCUT2D eigenvalue weighted by atomic mass is 32.2. The van der Waals surface area contributed by atoms with Crippen LogP contribution >= 0.6 is 0 Å². The Bertz CT molecular complexity index is 830. The van der Waals surface area contributed by atoms with Gasteiger partial charge in [0.05, 0.1) is 14.2 Å². The van der Waals surface area contributed by atoms with Crippen LogP contribution in [0.3, 0.4) is 0 Å². The highest BCUT2D eigenvalue weighted by Gasteiger charge is 2.24. The molecule has 0 aromatic heterocycles. The summed E-state index contributed by atoms with van der Waals surface area (Å²) in [6, 6.07) is 9.27. The molecule has 0 heterocycles. The van der Waals surface area contributed by atoms with Crippen LogP contribution in [-0.2, 0) is 9.84 Å². The summed E-state index contributed by atoms with van der Waals surface area (Å²) in [4.78, 5) is 11.7. The zero-order valence-corrected chi connectivity index (χ0v) is 13.4. The van der Waals surface area contributed by atoms with Gasteiger partial charge in [0.1, 0.15) is 16.5 Å². The van der Waals surface area contributed by atoms with E-state index in [1.807, 2.05) is 0 Å². The molecule has 0 unspecified atom stereocenters. The number of ether oxygens (including phenoxy) is 2. The first-order valence-corrected chi connectivity index (χ1v) is 8.27. The predicted octanol–water partition coefficient (Wildman–Crippen LogP) is 2.50. The molecule has 0 atom stereocenters. The number of Topliss-reactive ketones (excluding diaryl/α,β-unsaturated/α-hetero) is 1. The van der Waals surface area contributed by atoms with E-state index < -0.39 is 32.1 Å². The molecule has 0 amide bonds. The van der Waals surface area contributed by atoms with Gasteiger partial charge in [-0.1, -0.05) is 12.1 Å². The SMILES string of the molecule is COc1ccc(C(=O)CS(=O)(=O)c2ccccc2F)cc1OC. The van der Waals surface area contributed by atoms with Crippen molar-refractivity contribution < 1.29 is 27.1 Å². The molecule has 0 spiro atoms. The number of ketones is 1. The lowest BCUT2D eigenvalue weighted by Gasteiger charge is -2.09. The maximum Gasteiger partial charge on any atom is 0.188 e. The summed E-state index contributed by atoms with van der Waals surface area (Å²) in [5, 5.41) is 0. The fourth-order valence-electron chi connectivity index (χ4n) is 2.04. The van der Waals surface area contributed by atoms with E-state index in [-0.39, 0.29) is 5.56 Å². The van der Waals surface area contributed by atoms with Gasteiger partial charge in [0, 0.05) is 5.56 Å². The number of rotatable bonds is 6. The maximum absolute atomic E-state index is 13.6. The zero-order chi connectivity index (χ0) is 17.0. The number of sulfone groups is 1. The maximum atomic E-state index is 13.6. The molecule has 0 aliphatic carbocycles. The Morgan fingerprint density at radius 3 is 2.30 bits per heavy atom. The molecule has 0 radical (unpaired) electrons. The lowest BCUT2D eigenvalue weighted by atomic mass is 10.1. The smallest absolute Gasteiger partial charge is 0.188 e. The van der Waals surface area contributed by atoms with Crippen LogP contribution < -0.4 is 9.47 Å². The van der Waals surface area contributed by atoms with E-state index in [0.717, 1.165) is 12.1 Å². The Labute approximate surface area is 133 Å². The molecule has 0 aliphatic heterocycles. The van der Waals surface area contributed by atoms with Crippen molar-refractivity contribution in [1.29, 1.82) is 0 Å². The van der Waals surface area contributed by atoms with Crippen LogP contribution in [0.4, 0.5) is 4.39 Å². The number of methoxy groups -OCH3 is 2. The highest BCUT2D eigenvalue weighted by molar-refractivity contribution is 7.92. The fraction of sp³-hybridized carbons (Fsp3) is 0.188. The molecule has 0 saturated carbocycles. The third-order valence-electron chi connectivity index (χ3n) is 3.20. The summed E-state index contributed by atoms with van der Waals surface area (Å²) in [7, 11) is -1.22. The molecule has 2 aromatic rings. The second-order valence-corrected chi connectivity index (χ2v) is 6.64. The van der Waals surface area contributed by atoms with E-state index in [1.165, 1.54) is 44.6 Å². The first kappa shape index (κ1) is 17.0. The molecular formula is C16H15FO5S. The van der Waals surface area contributed by atoms with Crippen molar-refractivity contribution >= 4 is 15.6 Å².